The predicted molar refractivity (Wildman–Crippen MR) is 65.1 cm³/mol. The zero-order chi connectivity index (χ0) is 11.5. The molecule has 1 aromatic carbocycles. The van der Waals surface area contributed by atoms with E-state index in [4.69, 9.17) is 5.73 Å². The Bertz CT molecular complexity index is 510. The summed E-state index contributed by atoms with van der Waals surface area (Å²) in [7, 11) is 0. The fourth-order valence-electron chi connectivity index (χ4n) is 1.19. The number of halogens is 1. The van der Waals surface area contributed by atoms with Gasteiger partial charge in [-0.3, -0.25) is 9.89 Å². The standard InChI is InChI=1S/C10H9BrN4O/c11-8-3-6(1-2-9(8)12)10(16)15-7-4-13-14-5-7/h1-5H,12H2,(H,13,14)(H,15,16). The highest BCUT2D eigenvalue weighted by Gasteiger charge is 2.08. The summed E-state index contributed by atoms with van der Waals surface area (Å²) in [6.45, 7) is 0. The summed E-state index contributed by atoms with van der Waals surface area (Å²) in [4.78, 5) is 11.8. The first-order valence-electron chi connectivity index (χ1n) is 4.52. The van der Waals surface area contributed by atoms with Crippen molar-refractivity contribution in [3.63, 3.8) is 0 Å². The maximum Gasteiger partial charge on any atom is 0.255 e. The van der Waals surface area contributed by atoms with E-state index >= 15 is 0 Å². The lowest BCUT2D eigenvalue weighted by atomic mass is 10.2. The van der Waals surface area contributed by atoms with Gasteiger partial charge < -0.3 is 11.1 Å². The molecule has 0 saturated heterocycles. The maximum atomic E-state index is 11.8. The van der Waals surface area contributed by atoms with Gasteiger partial charge in [-0.05, 0) is 34.1 Å². The number of hydrogen-bond acceptors (Lipinski definition) is 3. The number of amides is 1. The SMILES string of the molecule is Nc1ccc(C(=O)Nc2cn[nH]c2)cc1Br. The minimum atomic E-state index is -0.206. The molecule has 5 nitrogen and oxygen atoms in total. The Balaban J connectivity index is 2.18. The van der Waals surface area contributed by atoms with Gasteiger partial charge in [0.25, 0.3) is 5.91 Å². The summed E-state index contributed by atoms with van der Waals surface area (Å²) in [5.41, 5.74) is 7.38. The first-order valence-corrected chi connectivity index (χ1v) is 5.31. The number of nitrogens with two attached hydrogens (primary N) is 1. The number of H-pyrrole nitrogens is 1. The highest BCUT2D eigenvalue weighted by atomic mass is 79.9. The number of rotatable bonds is 2. The van der Waals surface area contributed by atoms with E-state index in [-0.39, 0.29) is 5.91 Å². The number of benzene rings is 1. The molecule has 0 aliphatic rings. The second-order valence-corrected chi connectivity index (χ2v) is 4.03. The number of nitrogen functional groups attached to an aromatic ring is 1. The van der Waals surface area contributed by atoms with E-state index in [9.17, 15) is 4.79 Å². The van der Waals surface area contributed by atoms with Crippen molar-refractivity contribution < 1.29 is 4.79 Å². The van der Waals surface area contributed by atoms with Crippen LogP contribution in [0.5, 0.6) is 0 Å². The van der Waals surface area contributed by atoms with Crippen LogP contribution in [0.2, 0.25) is 0 Å². The lowest BCUT2D eigenvalue weighted by Crippen LogP contribution is -2.11. The summed E-state index contributed by atoms with van der Waals surface area (Å²) in [5, 5.41) is 9.04. The summed E-state index contributed by atoms with van der Waals surface area (Å²) >= 11 is 3.27. The summed E-state index contributed by atoms with van der Waals surface area (Å²) in [6, 6.07) is 5.01. The largest absolute Gasteiger partial charge is 0.398 e. The van der Waals surface area contributed by atoms with Crippen molar-refractivity contribution in [1.82, 2.24) is 10.2 Å². The Hall–Kier alpha value is -1.82. The summed E-state index contributed by atoms with van der Waals surface area (Å²) < 4.78 is 0.701. The number of hydrogen-bond donors (Lipinski definition) is 3. The highest BCUT2D eigenvalue weighted by molar-refractivity contribution is 9.10. The van der Waals surface area contributed by atoms with Crippen LogP contribution in [0.25, 0.3) is 0 Å². The number of carbonyl (C=O) groups excluding carboxylic acids is 1. The van der Waals surface area contributed by atoms with Crippen LogP contribution < -0.4 is 11.1 Å². The zero-order valence-electron chi connectivity index (χ0n) is 8.20. The predicted octanol–water partition coefficient (Wildman–Crippen LogP) is 2.01. The van der Waals surface area contributed by atoms with Crippen LogP contribution in [0.3, 0.4) is 0 Å². The van der Waals surface area contributed by atoms with Crippen LogP contribution in [0.1, 0.15) is 10.4 Å². The van der Waals surface area contributed by atoms with Gasteiger partial charge in [0.2, 0.25) is 0 Å². The fraction of sp³-hybridized carbons (Fsp3) is 0. The van der Waals surface area contributed by atoms with E-state index in [0.29, 0.717) is 21.4 Å². The fourth-order valence-corrected chi connectivity index (χ4v) is 1.57. The third-order valence-electron chi connectivity index (χ3n) is 2.02. The van der Waals surface area contributed by atoms with Crippen LogP contribution >= 0.6 is 15.9 Å². The quantitative estimate of drug-likeness (QED) is 0.736. The van der Waals surface area contributed by atoms with E-state index in [1.165, 1.54) is 6.20 Å². The number of anilines is 2. The second kappa shape index (κ2) is 4.36. The topological polar surface area (TPSA) is 83.8 Å². The van der Waals surface area contributed by atoms with Crippen LogP contribution in [0.4, 0.5) is 11.4 Å². The first-order chi connectivity index (χ1) is 7.66. The minimum absolute atomic E-state index is 0.206. The Morgan fingerprint density at radius 2 is 2.31 bits per heavy atom. The van der Waals surface area contributed by atoms with Gasteiger partial charge in [0.1, 0.15) is 0 Å². The number of aromatic nitrogens is 2. The first kappa shape index (κ1) is 10.7. The van der Waals surface area contributed by atoms with Crippen molar-refractivity contribution in [3.05, 3.63) is 40.6 Å². The Morgan fingerprint density at radius 3 is 2.94 bits per heavy atom. The molecule has 2 rings (SSSR count). The molecule has 4 N–H and O–H groups in total. The van der Waals surface area contributed by atoms with Gasteiger partial charge in [-0.2, -0.15) is 5.10 Å². The molecule has 1 aromatic heterocycles. The molecule has 0 unspecified atom stereocenters. The molecule has 0 saturated carbocycles. The van der Waals surface area contributed by atoms with E-state index in [1.807, 2.05) is 0 Å². The summed E-state index contributed by atoms with van der Waals surface area (Å²) in [6.07, 6.45) is 3.13. The van der Waals surface area contributed by atoms with Gasteiger partial charge in [0.05, 0.1) is 11.9 Å². The molecule has 6 heteroatoms. The third kappa shape index (κ3) is 2.22. The molecule has 0 radical (unpaired) electrons. The molecule has 82 valence electrons. The van der Waals surface area contributed by atoms with Crippen LogP contribution in [-0.4, -0.2) is 16.1 Å². The number of aromatic amines is 1. The van der Waals surface area contributed by atoms with Crippen molar-refractivity contribution >= 4 is 33.2 Å². The molecule has 1 amide bonds. The highest BCUT2D eigenvalue weighted by Crippen LogP contribution is 2.20. The Labute approximate surface area is 100 Å². The van der Waals surface area contributed by atoms with Gasteiger partial charge >= 0.3 is 0 Å². The average Bonchev–Trinajstić information content (AvgIpc) is 2.74. The van der Waals surface area contributed by atoms with Crippen molar-refractivity contribution in [2.45, 2.75) is 0 Å². The maximum absolute atomic E-state index is 11.8. The van der Waals surface area contributed by atoms with Gasteiger partial charge in [0.15, 0.2) is 0 Å². The molecule has 0 spiro atoms. The van der Waals surface area contributed by atoms with Gasteiger partial charge in [-0.25, -0.2) is 0 Å². The monoisotopic (exact) mass is 280 g/mol. The van der Waals surface area contributed by atoms with Gasteiger partial charge in [-0.15, -0.1) is 0 Å². The molecular formula is C10H9BrN4O. The molecule has 0 atom stereocenters. The molecule has 0 bridgehead atoms. The molecule has 0 aliphatic carbocycles. The number of nitrogens with zero attached hydrogens (tertiary/aromatic N) is 1. The van der Waals surface area contributed by atoms with E-state index < -0.39 is 0 Å². The third-order valence-corrected chi connectivity index (χ3v) is 2.71. The van der Waals surface area contributed by atoms with Crippen molar-refractivity contribution in [1.29, 1.82) is 0 Å². The number of carbonyl (C=O) groups is 1. The molecule has 16 heavy (non-hydrogen) atoms. The van der Waals surface area contributed by atoms with Crippen LogP contribution in [-0.2, 0) is 0 Å². The molecule has 0 aliphatic heterocycles. The molecule has 2 aromatic rings. The Morgan fingerprint density at radius 1 is 1.50 bits per heavy atom. The molecular weight excluding hydrogens is 272 g/mol. The lowest BCUT2D eigenvalue weighted by molar-refractivity contribution is 0.102. The van der Waals surface area contributed by atoms with Crippen molar-refractivity contribution in [2.75, 3.05) is 11.1 Å². The average molecular weight is 281 g/mol. The lowest BCUT2D eigenvalue weighted by Gasteiger charge is -2.04. The van der Waals surface area contributed by atoms with Crippen LogP contribution in [0.15, 0.2) is 35.1 Å². The smallest absolute Gasteiger partial charge is 0.255 e. The Kier molecular flexibility index (Phi) is 2.91. The van der Waals surface area contributed by atoms with E-state index in [0.717, 1.165) is 0 Å². The van der Waals surface area contributed by atoms with Crippen molar-refractivity contribution in [2.24, 2.45) is 0 Å². The van der Waals surface area contributed by atoms with Crippen molar-refractivity contribution in [3.8, 4) is 0 Å². The summed E-state index contributed by atoms with van der Waals surface area (Å²) in [5.74, 6) is -0.206. The van der Waals surface area contributed by atoms with Crippen LogP contribution in [0, 0.1) is 0 Å². The second-order valence-electron chi connectivity index (χ2n) is 3.18. The zero-order valence-corrected chi connectivity index (χ0v) is 9.78. The number of nitrogens with one attached hydrogen (secondary N) is 2. The molecule has 1 heterocycles. The van der Waals surface area contributed by atoms with Gasteiger partial charge in [0, 0.05) is 21.9 Å². The molecule has 0 fully saturated rings. The normalized spacial score (nSPS) is 10.1. The minimum Gasteiger partial charge on any atom is -0.398 e. The van der Waals surface area contributed by atoms with Gasteiger partial charge in [-0.1, -0.05) is 0 Å². The van der Waals surface area contributed by atoms with E-state index in [1.54, 1.807) is 24.4 Å². The van der Waals surface area contributed by atoms with E-state index in [2.05, 4.69) is 31.4 Å².